The van der Waals surface area contributed by atoms with E-state index in [-0.39, 0.29) is 0 Å². The molecule has 1 atom stereocenters. The van der Waals surface area contributed by atoms with E-state index in [2.05, 4.69) is 45.7 Å². The Morgan fingerprint density at radius 3 is 3.06 bits per heavy atom. The van der Waals surface area contributed by atoms with E-state index in [9.17, 15) is 0 Å². The Kier molecular flexibility index (Phi) is 2.75. The molecule has 3 rings (SSSR count). The van der Waals surface area contributed by atoms with Crippen molar-refractivity contribution in [3.8, 4) is 0 Å². The normalized spacial score (nSPS) is 19.6. The first-order valence-electron chi connectivity index (χ1n) is 6.19. The van der Waals surface area contributed by atoms with Crippen molar-refractivity contribution in [2.75, 3.05) is 6.54 Å². The fourth-order valence-electron chi connectivity index (χ4n) is 3.19. The largest absolute Gasteiger partial charge is 0.347 e. The Balaban J connectivity index is 2.33. The Morgan fingerprint density at radius 1 is 1.47 bits per heavy atom. The fourth-order valence-corrected chi connectivity index (χ4v) is 3.55. The molecule has 0 radical (unpaired) electrons. The topological polar surface area (TPSA) is 30.9 Å². The molecule has 0 saturated heterocycles. The lowest BCUT2D eigenvalue weighted by Crippen LogP contribution is -2.20. The molecule has 0 saturated carbocycles. The van der Waals surface area contributed by atoms with E-state index >= 15 is 0 Å². The van der Waals surface area contributed by atoms with Crippen LogP contribution in [-0.2, 0) is 13.5 Å². The van der Waals surface area contributed by atoms with Crippen LogP contribution in [0.3, 0.4) is 0 Å². The molecule has 17 heavy (non-hydrogen) atoms. The summed E-state index contributed by atoms with van der Waals surface area (Å²) in [7, 11) is 2.17. The number of fused-ring (bicyclic) bond motifs is 3. The summed E-state index contributed by atoms with van der Waals surface area (Å²) in [6, 6.07) is 6.56. The molecule has 1 aromatic carbocycles. The van der Waals surface area contributed by atoms with Crippen LogP contribution in [0.5, 0.6) is 0 Å². The molecular formula is C14H17BrN2. The zero-order valence-electron chi connectivity index (χ0n) is 10.0. The molecular weight excluding hydrogens is 276 g/mol. The van der Waals surface area contributed by atoms with Crippen molar-refractivity contribution in [3.05, 3.63) is 33.9 Å². The zero-order valence-corrected chi connectivity index (χ0v) is 11.6. The van der Waals surface area contributed by atoms with E-state index in [1.807, 2.05) is 0 Å². The summed E-state index contributed by atoms with van der Waals surface area (Å²) in [5.41, 5.74) is 10.2. The van der Waals surface area contributed by atoms with E-state index in [4.69, 9.17) is 5.73 Å². The highest BCUT2D eigenvalue weighted by Crippen LogP contribution is 2.38. The maximum Gasteiger partial charge on any atom is 0.0483 e. The minimum Gasteiger partial charge on any atom is -0.347 e. The van der Waals surface area contributed by atoms with Crippen LogP contribution in [0.15, 0.2) is 22.7 Å². The van der Waals surface area contributed by atoms with Gasteiger partial charge in [0.05, 0.1) is 0 Å². The molecule has 0 aliphatic heterocycles. The molecule has 3 heteroatoms. The molecule has 1 aromatic heterocycles. The Labute approximate surface area is 110 Å². The predicted molar refractivity (Wildman–Crippen MR) is 75.4 cm³/mol. The standard InChI is InChI=1S/C14H17BrN2/c1-17-13-6-5-10(15)7-12(13)11-4-2-3-9(8-16)14(11)17/h5-7,9H,2-4,8,16H2,1H3. The first kappa shape index (κ1) is 11.3. The van der Waals surface area contributed by atoms with Crippen molar-refractivity contribution in [3.63, 3.8) is 0 Å². The van der Waals surface area contributed by atoms with E-state index in [0.717, 1.165) is 11.0 Å². The van der Waals surface area contributed by atoms with Crippen LogP contribution < -0.4 is 5.73 Å². The molecule has 1 aliphatic rings. The average molecular weight is 293 g/mol. The lowest BCUT2D eigenvalue weighted by Gasteiger charge is -2.23. The molecule has 1 aliphatic carbocycles. The molecule has 1 heterocycles. The number of hydrogen-bond acceptors (Lipinski definition) is 1. The van der Waals surface area contributed by atoms with Gasteiger partial charge in [-0.3, -0.25) is 0 Å². The van der Waals surface area contributed by atoms with Gasteiger partial charge in [0, 0.05) is 40.6 Å². The third-order valence-corrected chi connectivity index (χ3v) is 4.46. The second-order valence-electron chi connectivity index (χ2n) is 4.91. The third-order valence-electron chi connectivity index (χ3n) is 3.97. The van der Waals surface area contributed by atoms with Crippen molar-refractivity contribution in [2.24, 2.45) is 12.8 Å². The van der Waals surface area contributed by atoms with Crippen LogP contribution in [0.1, 0.15) is 30.0 Å². The van der Waals surface area contributed by atoms with Crippen molar-refractivity contribution in [2.45, 2.75) is 25.2 Å². The first-order chi connectivity index (χ1) is 8.22. The van der Waals surface area contributed by atoms with Gasteiger partial charge in [0.25, 0.3) is 0 Å². The summed E-state index contributed by atoms with van der Waals surface area (Å²) in [4.78, 5) is 0. The quantitative estimate of drug-likeness (QED) is 0.859. The van der Waals surface area contributed by atoms with Crippen molar-refractivity contribution in [1.29, 1.82) is 0 Å². The van der Waals surface area contributed by atoms with Crippen LogP contribution in [0.25, 0.3) is 10.9 Å². The number of nitrogens with two attached hydrogens (primary N) is 1. The number of hydrogen-bond donors (Lipinski definition) is 1. The predicted octanol–water partition coefficient (Wildman–Crippen LogP) is 3.32. The van der Waals surface area contributed by atoms with Gasteiger partial charge < -0.3 is 10.3 Å². The number of benzene rings is 1. The minimum absolute atomic E-state index is 0.537. The summed E-state index contributed by atoms with van der Waals surface area (Å²) in [6.45, 7) is 0.762. The SMILES string of the molecule is Cn1c2c(c3cc(Br)ccc31)CCCC2CN. The summed E-state index contributed by atoms with van der Waals surface area (Å²) in [5.74, 6) is 0.537. The number of aryl methyl sites for hydroxylation is 2. The highest BCUT2D eigenvalue weighted by atomic mass is 79.9. The summed E-state index contributed by atoms with van der Waals surface area (Å²) in [5, 5.41) is 1.40. The van der Waals surface area contributed by atoms with Gasteiger partial charge in [-0.25, -0.2) is 0 Å². The molecule has 90 valence electrons. The molecule has 0 bridgehead atoms. The maximum absolute atomic E-state index is 5.92. The summed E-state index contributed by atoms with van der Waals surface area (Å²) < 4.78 is 3.50. The molecule has 2 aromatic rings. The second-order valence-corrected chi connectivity index (χ2v) is 5.82. The van der Waals surface area contributed by atoms with Crippen LogP contribution in [0.2, 0.25) is 0 Å². The molecule has 0 spiro atoms. The molecule has 0 amide bonds. The van der Waals surface area contributed by atoms with E-state index in [1.165, 1.54) is 41.4 Å². The minimum atomic E-state index is 0.537. The van der Waals surface area contributed by atoms with E-state index in [1.54, 1.807) is 0 Å². The molecule has 2 N–H and O–H groups in total. The van der Waals surface area contributed by atoms with Gasteiger partial charge in [-0.2, -0.15) is 0 Å². The highest BCUT2D eigenvalue weighted by Gasteiger charge is 2.25. The zero-order chi connectivity index (χ0) is 12.0. The smallest absolute Gasteiger partial charge is 0.0483 e. The van der Waals surface area contributed by atoms with E-state index < -0.39 is 0 Å². The lowest BCUT2D eigenvalue weighted by atomic mass is 9.87. The van der Waals surface area contributed by atoms with Crippen LogP contribution in [0.4, 0.5) is 0 Å². The number of aromatic nitrogens is 1. The Bertz CT molecular complexity index is 571. The fraction of sp³-hybridized carbons (Fsp3) is 0.429. The second kappa shape index (κ2) is 4.14. The van der Waals surface area contributed by atoms with Gasteiger partial charge in [0.15, 0.2) is 0 Å². The average Bonchev–Trinajstić information content (AvgIpc) is 2.63. The van der Waals surface area contributed by atoms with Gasteiger partial charge in [-0.05, 0) is 43.0 Å². The number of halogens is 1. The Morgan fingerprint density at radius 2 is 2.29 bits per heavy atom. The van der Waals surface area contributed by atoms with Crippen molar-refractivity contribution < 1.29 is 0 Å². The van der Waals surface area contributed by atoms with E-state index in [0.29, 0.717) is 5.92 Å². The summed E-state index contributed by atoms with van der Waals surface area (Å²) >= 11 is 3.57. The Hall–Kier alpha value is -0.800. The lowest BCUT2D eigenvalue weighted by molar-refractivity contribution is 0.534. The maximum atomic E-state index is 5.92. The number of nitrogens with zero attached hydrogens (tertiary/aromatic N) is 1. The molecule has 1 unspecified atom stereocenters. The van der Waals surface area contributed by atoms with Gasteiger partial charge in [-0.1, -0.05) is 15.9 Å². The van der Waals surface area contributed by atoms with Crippen LogP contribution in [-0.4, -0.2) is 11.1 Å². The van der Waals surface area contributed by atoms with Gasteiger partial charge in [0.1, 0.15) is 0 Å². The monoisotopic (exact) mass is 292 g/mol. The van der Waals surface area contributed by atoms with Gasteiger partial charge in [0.2, 0.25) is 0 Å². The van der Waals surface area contributed by atoms with Gasteiger partial charge >= 0.3 is 0 Å². The van der Waals surface area contributed by atoms with Crippen LogP contribution in [0, 0.1) is 0 Å². The van der Waals surface area contributed by atoms with Crippen molar-refractivity contribution >= 4 is 26.8 Å². The van der Waals surface area contributed by atoms with Crippen molar-refractivity contribution in [1.82, 2.24) is 4.57 Å². The molecule has 0 fully saturated rings. The first-order valence-corrected chi connectivity index (χ1v) is 6.98. The van der Waals surface area contributed by atoms with Gasteiger partial charge in [-0.15, -0.1) is 0 Å². The third kappa shape index (κ3) is 1.64. The van der Waals surface area contributed by atoms with Crippen LogP contribution >= 0.6 is 15.9 Å². The summed E-state index contributed by atoms with van der Waals surface area (Å²) in [6.07, 6.45) is 3.69. The molecule has 2 nitrogen and oxygen atoms in total. The highest BCUT2D eigenvalue weighted by molar-refractivity contribution is 9.10. The number of rotatable bonds is 1.